The van der Waals surface area contributed by atoms with Crippen molar-refractivity contribution in [2.45, 2.75) is 90.7 Å². The van der Waals surface area contributed by atoms with Crippen LogP contribution in [0.15, 0.2) is 42.3 Å². The summed E-state index contributed by atoms with van der Waals surface area (Å²) in [5, 5.41) is 0.0290. The van der Waals surface area contributed by atoms with E-state index in [0.717, 1.165) is 11.3 Å². The molecule has 1 unspecified atom stereocenters. The van der Waals surface area contributed by atoms with Crippen LogP contribution in [0.25, 0.3) is 0 Å². The van der Waals surface area contributed by atoms with Crippen molar-refractivity contribution in [1.29, 1.82) is 0 Å². The quantitative estimate of drug-likeness (QED) is 0.155. The third-order valence-corrected chi connectivity index (χ3v) is 11.2. The van der Waals surface area contributed by atoms with E-state index in [1.165, 1.54) is 0 Å². The van der Waals surface area contributed by atoms with Gasteiger partial charge in [0.15, 0.2) is 14.1 Å². The molecule has 0 radical (unpaired) electrons. The van der Waals surface area contributed by atoms with Gasteiger partial charge in [0.05, 0.1) is 12.7 Å². The van der Waals surface area contributed by atoms with Gasteiger partial charge in [-0.2, -0.15) is 0 Å². The number of benzene rings is 1. The number of hydrogen-bond donors (Lipinski definition) is 0. The molecule has 0 heterocycles. The van der Waals surface area contributed by atoms with Crippen molar-refractivity contribution in [3.63, 3.8) is 0 Å². The lowest BCUT2D eigenvalue weighted by molar-refractivity contribution is -0.0871. The highest BCUT2D eigenvalue weighted by Crippen LogP contribution is 2.40. The van der Waals surface area contributed by atoms with Crippen molar-refractivity contribution in [3.8, 4) is 17.2 Å². The first-order valence-electron chi connectivity index (χ1n) is 11.5. The maximum Gasteiger partial charge on any atom is 0.193 e. The summed E-state index contributed by atoms with van der Waals surface area (Å²) in [6.07, 6.45) is -0.456. The van der Waals surface area contributed by atoms with Gasteiger partial charge in [0.2, 0.25) is 0 Å². The van der Waals surface area contributed by atoms with E-state index in [9.17, 15) is 0 Å². The molecule has 0 spiro atoms. The predicted octanol–water partition coefficient (Wildman–Crippen LogP) is 6.95. The first kappa shape index (κ1) is 29.3. The van der Waals surface area contributed by atoms with Crippen molar-refractivity contribution >= 4 is 16.4 Å². The molecule has 0 saturated heterocycles. The minimum atomic E-state index is -2.15. The average molecular weight is 489 g/mol. The zero-order valence-electron chi connectivity index (χ0n) is 22.6. The Kier molecular flexibility index (Phi) is 10.3. The molecule has 0 aliphatic rings. The second kappa shape index (κ2) is 11.6. The molecule has 0 saturated carbocycles. The van der Waals surface area contributed by atoms with E-state index in [2.05, 4.69) is 77.3 Å². The minimum Gasteiger partial charge on any atom is -0.497 e. The highest BCUT2D eigenvalue weighted by atomic mass is 28.4. The van der Waals surface area contributed by atoms with E-state index in [0.29, 0.717) is 19.0 Å². The molecule has 1 aromatic rings. The lowest BCUT2D eigenvalue weighted by Crippen LogP contribution is -2.52. The lowest BCUT2D eigenvalue weighted by Gasteiger charge is -2.43. The highest BCUT2D eigenvalue weighted by Gasteiger charge is 2.45. The zero-order valence-corrected chi connectivity index (χ0v) is 24.6. The number of rotatable bonds is 10. The molecule has 6 heteroatoms. The van der Waals surface area contributed by atoms with Gasteiger partial charge in [0.1, 0.15) is 33.1 Å². The molecule has 0 bridgehead atoms. The summed E-state index contributed by atoms with van der Waals surface area (Å²) in [4.78, 5) is 0. The summed E-state index contributed by atoms with van der Waals surface area (Å²) >= 11 is 0. The maximum atomic E-state index is 6.83. The fourth-order valence-electron chi connectivity index (χ4n) is 2.68. The molecule has 0 N–H and O–H groups in total. The Morgan fingerprint density at radius 2 is 1.58 bits per heavy atom. The summed E-state index contributed by atoms with van der Waals surface area (Å²) in [6.45, 7) is 26.5. The number of hydrogen-bond acceptors (Lipinski definition) is 4. The molecule has 1 atom stereocenters. The highest BCUT2D eigenvalue weighted by molar-refractivity contribution is 6.83. The largest absolute Gasteiger partial charge is 0.497 e. The number of ether oxygens (including phenoxy) is 3. The van der Waals surface area contributed by atoms with Crippen LogP contribution >= 0.6 is 0 Å². The van der Waals surface area contributed by atoms with Crippen molar-refractivity contribution < 1.29 is 18.6 Å². The van der Waals surface area contributed by atoms with Crippen molar-refractivity contribution in [2.75, 3.05) is 13.7 Å². The first-order chi connectivity index (χ1) is 15.0. The second-order valence-electron chi connectivity index (χ2n) is 11.4. The Morgan fingerprint density at radius 3 is 2.03 bits per heavy atom. The summed E-state index contributed by atoms with van der Waals surface area (Å²) in [6, 6.07) is 7.81. The molecule has 1 rings (SSSR count). The Balaban J connectivity index is 3.16. The van der Waals surface area contributed by atoms with E-state index in [-0.39, 0.29) is 5.04 Å². The van der Waals surface area contributed by atoms with Crippen LogP contribution in [0, 0.1) is 11.5 Å². The maximum absolute atomic E-state index is 6.83. The van der Waals surface area contributed by atoms with Crippen LogP contribution in [0.5, 0.6) is 5.75 Å². The molecule has 0 aliphatic carbocycles. The standard InChI is InChI=1S/C27H44O4Si2/c1-13-24(29-21-22-15-17-23(28-7)18-16-22)25(31-33(11,12)26(2,3)4)27(5,6)30-19-14-20-32(8,9)10/h15-18,25H,1,19,21H2,2-12H3. The van der Waals surface area contributed by atoms with Crippen LogP contribution in [0.4, 0.5) is 0 Å². The molecule has 0 aliphatic heterocycles. The molecule has 0 fully saturated rings. The molecule has 0 amide bonds. The topological polar surface area (TPSA) is 36.9 Å². The van der Waals surface area contributed by atoms with Gasteiger partial charge < -0.3 is 18.6 Å². The predicted molar refractivity (Wildman–Crippen MR) is 144 cm³/mol. The Hall–Kier alpha value is -1.75. The molecule has 1 aromatic carbocycles. The zero-order chi connectivity index (χ0) is 25.5. The monoisotopic (exact) mass is 488 g/mol. The SMILES string of the molecule is C=C=C(OCc1ccc(OC)cc1)C(O[Si](C)(C)C(C)(C)C)C(C)(C)OCC#C[Si](C)(C)C. The van der Waals surface area contributed by atoms with Crippen LogP contribution < -0.4 is 4.74 Å². The average Bonchev–Trinajstić information content (AvgIpc) is 2.69. The minimum absolute atomic E-state index is 0.0290. The van der Waals surface area contributed by atoms with Gasteiger partial charge in [-0.05, 0) is 49.7 Å². The summed E-state index contributed by atoms with van der Waals surface area (Å²) in [5.74, 6) is 4.57. The van der Waals surface area contributed by atoms with Gasteiger partial charge in [0, 0.05) is 0 Å². The first-order valence-corrected chi connectivity index (χ1v) is 17.9. The number of methoxy groups -OCH3 is 1. The fourth-order valence-corrected chi connectivity index (χ4v) is 4.62. The van der Waals surface area contributed by atoms with Gasteiger partial charge in [-0.1, -0.05) is 70.8 Å². The van der Waals surface area contributed by atoms with Crippen LogP contribution in [0.3, 0.4) is 0 Å². The van der Waals surface area contributed by atoms with Gasteiger partial charge in [-0.25, -0.2) is 0 Å². The summed E-state index contributed by atoms with van der Waals surface area (Å²) in [7, 11) is -1.95. The van der Waals surface area contributed by atoms with Crippen LogP contribution in [-0.2, 0) is 20.5 Å². The molecule has 4 nitrogen and oxygen atoms in total. The third kappa shape index (κ3) is 9.56. The van der Waals surface area contributed by atoms with E-state index in [1.54, 1.807) is 7.11 Å². The van der Waals surface area contributed by atoms with Crippen LogP contribution in [0.2, 0.25) is 37.8 Å². The van der Waals surface area contributed by atoms with Gasteiger partial charge >= 0.3 is 0 Å². The normalized spacial score (nSPS) is 13.4. The smallest absolute Gasteiger partial charge is 0.193 e. The molecule has 184 valence electrons. The third-order valence-electron chi connectivity index (χ3n) is 5.80. The second-order valence-corrected chi connectivity index (χ2v) is 20.9. The van der Waals surface area contributed by atoms with Crippen molar-refractivity contribution in [2.24, 2.45) is 0 Å². The van der Waals surface area contributed by atoms with Crippen molar-refractivity contribution in [1.82, 2.24) is 0 Å². The van der Waals surface area contributed by atoms with Gasteiger partial charge in [-0.3, -0.25) is 0 Å². The van der Waals surface area contributed by atoms with E-state index in [1.807, 2.05) is 38.1 Å². The van der Waals surface area contributed by atoms with Crippen LogP contribution in [0.1, 0.15) is 40.2 Å². The van der Waals surface area contributed by atoms with Gasteiger partial charge in [0.25, 0.3) is 0 Å². The Labute approximate surface area is 204 Å². The van der Waals surface area contributed by atoms with Gasteiger partial charge in [-0.15, -0.1) is 5.54 Å². The molecular formula is C27H44O4Si2. The fraction of sp³-hybridized carbons (Fsp3) is 0.593. The van der Waals surface area contributed by atoms with E-state index in [4.69, 9.17) is 18.6 Å². The van der Waals surface area contributed by atoms with Crippen LogP contribution in [-0.4, -0.2) is 41.8 Å². The van der Waals surface area contributed by atoms with Crippen molar-refractivity contribution in [3.05, 3.63) is 47.9 Å². The molecular weight excluding hydrogens is 444 g/mol. The van der Waals surface area contributed by atoms with E-state index < -0.39 is 28.1 Å². The van der Waals surface area contributed by atoms with E-state index >= 15 is 0 Å². The Morgan fingerprint density at radius 1 is 1.00 bits per heavy atom. The lowest BCUT2D eigenvalue weighted by atomic mass is 10.00. The molecule has 0 aromatic heterocycles. The summed E-state index contributed by atoms with van der Waals surface area (Å²) < 4.78 is 24.6. The summed E-state index contributed by atoms with van der Waals surface area (Å²) in [5.41, 5.74) is 6.70. The Bertz CT molecular complexity index is 872. The molecule has 33 heavy (non-hydrogen) atoms.